The molecule has 0 amide bonds. The molecular formula is C19H20N2O2S. The summed E-state index contributed by atoms with van der Waals surface area (Å²) in [5.74, 6) is 0.826. The maximum absolute atomic E-state index is 9.93. The summed E-state index contributed by atoms with van der Waals surface area (Å²) < 4.78 is 7.04. The molecule has 4 rings (SSSR count). The third-order valence-corrected chi connectivity index (χ3v) is 4.80. The summed E-state index contributed by atoms with van der Waals surface area (Å²) >= 11 is 1.45. The quantitative estimate of drug-likeness (QED) is 0.430. The topological polar surface area (TPSA) is 47.3 Å². The van der Waals surface area contributed by atoms with Crippen molar-refractivity contribution >= 4 is 11.8 Å². The van der Waals surface area contributed by atoms with Crippen molar-refractivity contribution in [2.75, 3.05) is 7.11 Å². The van der Waals surface area contributed by atoms with Crippen LogP contribution in [0.3, 0.4) is 0 Å². The summed E-state index contributed by atoms with van der Waals surface area (Å²) in [7, 11) is 1.64. The minimum absolute atomic E-state index is 0.416. The summed E-state index contributed by atoms with van der Waals surface area (Å²) in [6.45, 7) is 0.768. The average molecular weight is 340 g/mol. The first kappa shape index (κ1) is 16.6. The van der Waals surface area contributed by atoms with E-state index in [0.717, 1.165) is 17.2 Å². The van der Waals surface area contributed by atoms with Crippen LogP contribution in [0.4, 0.5) is 0 Å². The van der Waals surface area contributed by atoms with E-state index in [-0.39, 0.29) is 0 Å². The van der Waals surface area contributed by atoms with E-state index in [0.29, 0.717) is 6.42 Å². The molecule has 0 saturated carbocycles. The second kappa shape index (κ2) is 8.04. The number of rotatable bonds is 6. The van der Waals surface area contributed by atoms with E-state index < -0.39 is 5.44 Å². The number of benzene rings is 2. The van der Waals surface area contributed by atoms with Crippen molar-refractivity contribution in [3.05, 3.63) is 77.7 Å². The molecule has 2 aromatic rings. The molecule has 2 aliphatic rings. The number of hydrogen-bond donors (Lipinski definition) is 1. The van der Waals surface area contributed by atoms with Gasteiger partial charge in [0, 0.05) is 30.3 Å². The molecule has 0 fully saturated rings. The number of ether oxygens (including phenoxy) is 1. The summed E-state index contributed by atoms with van der Waals surface area (Å²) in [5, 5.41) is 12.8. The van der Waals surface area contributed by atoms with Gasteiger partial charge in [-0.15, -0.1) is 0 Å². The fraction of sp³-hybridized carbons (Fsp3) is 0.211. The highest BCUT2D eigenvalue weighted by Crippen LogP contribution is 2.25. The predicted molar refractivity (Wildman–Crippen MR) is 95.8 cm³/mol. The Morgan fingerprint density at radius 2 is 1.75 bits per heavy atom. The molecule has 1 heterocycles. The van der Waals surface area contributed by atoms with Gasteiger partial charge < -0.3 is 14.4 Å². The number of thioether (sulfide) groups is 1. The fourth-order valence-corrected chi connectivity index (χ4v) is 3.04. The zero-order valence-corrected chi connectivity index (χ0v) is 14.3. The molecule has 0 spiro atoms. The summed E-state index contributed by atoms with van der Waals surface area (Å²) in [5.41, 5.74) is -0.416. The highest BCUT2D eigenvalue weighted by Gasteiger charge is 2.06. The number of aliphatic hydroxyl groups is 1. The van der Waals surface area contributed by atoms with Gasteiger partial charge in [-0.05, 0) is 34.7 Å². The van der Waals surface area contributed by atoms with E-state index in [1.54, 1.807) is 19.6 Å². The number of aryl methyl sites for hydroxylation is 1. The van der Waals surface area contributed by atoms with Gasteiger partial charge in [-0.3, -0.25) is 0 Å². The van der Waals surface area contributed by atoms with Crippen LogP contribution in [-0.2, 0) is 6.54 Å². The van der Waals surface area contributed by atoms with Crippen LogP contribution in [0.1, 0.15) is 6.42 Å². The molecule has 2 aliphatic carbocycles. The van der Waals surface area contributed by atoms with Gasteiger partial charge in [0.25, 0.3) is 0 Å². The Hall–Kier alpha value is -2.24. The maximum Gasteiger partial charge on any atom is 0.118 e. The largest absolute Gasteiger partial charge is 0.497 e. The zero-order chi connectivity index (χ0) is 16.8. The smallest absolute Gasteiger partial charge is 0.118 e. The molecule has 0 aliphatic heterocycles. The second-order valence-corrected chi connectivity index (χ2v) is 6.67. The Kier molecular flexibility index (Phi) is 5.56. The molecule has 1 aromatic heterocycles. The van der Waals surface area contributed by atoms with Gasteiger partial charge in [-0.25, -0.2) is 4.98 Å². The zero-order valence-electron chi connectivity index (χ0n) is 13.5. The third-order valence-electron chi connectivity index (χ3n) is 3.74. The van der Waals surface area contributed by atoms with Gasteiger partial charge in [-0.1, -0.05) is 36.0 Å². The Morgan fingerprint density at radius 3 is 2.21 bits per heavy atom. The van der Waals surface area contributed by atoms with Crippen molar-refractivity contribution in [2.45, 2.75) is 23.3 Å². The van der Waals surface area contributed by atoms with Crippen molar-refractivity contribution in [3.8, 4) is 5.75 Å². The normalized spacial score (nSPS) is 12.1. The molecule has 24 heavy (non-hydrogen) atoms. The fourth-order valence-electron chi connectivity index (χ4n) is 2.21. The molecule has 1 N–H and O–H groups in total. The first-order chi connectivity index (χ1) is 11.7. The van der Waals surface area contributed by atoms with Crippen LogP contribution in [-0.4, -0.2) is 27.2 Å². The van der Waals surface area contributed by atoms with Crippen LogP contribution in [0.15, 0.2) is 72.1 Å². The van der Waals surface area contributed by atoms with Crippen LogP contribution in [0, 0.1) is 10.4 Å². The highest BCUT2D eigenvalue weighted by atomic mass is 32.2. The number of methoxy groups -OCH3 is 1. The van der Waals surface area contributed by atoms with Gasteiger partial charge in [0.05, 0.1) is 13.4 Å². The van der Waals surface area contributed by atoms with E-state index in [1.165, 1.54) is 22.2 Å². The van der Waals surface area contributed by atoms with Gasteiger partial charge in [0.1, 0.15) is 11.2 Å². The molecule has 1 atom stereocenters. The van der Waals surface area contributed by atoms with Gasteiger partial charge in [0.15, 0.2) is 0 Å². The highest BCUT2D eigenvalue weighted by molar-refractivity contribution is 7.99. The number of imidazole rings is 1. The summed E-state index contributed by atoms with van der Waals surface area (Å²) in [6, 6.07) is 16.2. The van der Waals surface area contributed by atoms with Crippen molar-refractivity contribution in [2.24, 2.45) is 0 Å². The standard InChI is InChI=1S/C13H16N2O2S.C6H4/c1-17-11-2-4-12(5-3-11)18-13(16)6-8-15-9-7-14-10-15;1-2-6-4-3-5(1)6/h2-5,7,9-10,13,16H,6,8H2,1H3;1-4H. The van der Waals surface area contributed by atoms with Crippen LogP contribution in [0.25, 0.3) is 0 Å². The molecule has 1 unspecified atom stereocenters. The van der Waals surface area contributed by atoms with E-state index in [9.17, 15) is 5.11 Å². The lowest BCUT2D eigenvalue weighted by Gasteiger charge is -2.10. The number of aliphatic hydroxyl groups excluding tert-OH is 1. The van der Waals surface area contributed by atoms with Gasteiger partial charge >= 0.3 is 0 Å². The Balaban J connectivity index is 0.000000231. The average Bonchev–Trinajstić information content (AvgIpc) is 3.11. The van der Waals surface area contributed by atoms with Gasteiger partial charge in [0.2, 0.25) is 0 Å². The van der Waals surface area contributed by atoms with Crippen molar-refractivity contribution in [1.82, 2.24) is 9.55 Å². The lowest BCUT2D eigenvalue weighted by atomic mass is 10.1. The lowest BCUT2D eigenvalue weighted by Crippen LogP contribution is -2.06. The van der Waals surface area contributed by atoms with E-state index in [2.05, 4.69) is 29.2 Å². The Morgan fingerprint density at radius 1 is 1.08 bits per heavy atom. The van der Waals surface area contributed by atoms with Crippen LogP contribution >= 0.6 is 11.8 Å². The van der Waals surface area contributed by atoms with Crippen LogP contribution in [0.2, 0.25) is 0 Å². The SMILES string of the molecule is COc1ccc(SC(O)CCn2ccnc2)cc1.c1cc2ccc1=2. The molecule has 5 heteroatoms. The molecule has 124 valence electrons. The molecule has 0 radical (unpaired) electrons. The molecular weight excluding hydrogens is 320 g/mol. The maximum atomic E-state index is 9.93. The number of nitrogens with zero attached hydrogens (tertiary/aromatic N) is 2. The first-order valence-electron chi connectivity index (χ1n) is 7.79. The third kappa shape index (κ3) is 4.40. The van der Waals surface area contributed by atoms with E-state index in [4.69, 9.17) is 4.74 Å². The van der Waals surface area contributed by atoms with Crippen LogP contribution < -0.4 is 4.74 Å². The molecule has 0 bridgehead atoms. The molecule has 1 aromatic carbocycles. The lowest BCUT2D eigenvalue weighted by molar-refractivity contribution is 0.245. The summed E-state index contributed by atoms with van der Waals surface area (Å²) in [6.07, 6.45) is 6.07. The monoisotopic (exact) mass is 340 g/mol. The Labute approximate surface area is 145 Å². The minimum atomic E-state index is -0.416. The van der Waals surface area contributed by atoms with E-state index in [1.807, 2.05) is 35.0 Å². The Bertz CT molecular complexity index is 798. The van der Waals surface area contributed by atoms with Crippen LogP contribution in [0.5, 0.6) is 5.75 Å². The second-order valence-electron chi connectivity index (χ2n) is 5.41. The first-order valence-corrected chi connectivity index (χ1v) is 8.67. The number of hydrogen-bond acceptors (Lipinski definition) is 4. The molecule has 4 nitrogen and oxygen atoms in total. The van der Waals surface area contributed by atoms with Gasteiger partial charge in [-0.2, -0.15) is 0 Å². The minimum Gasteiger partial charge on any atom is -0.497 e. The van der Waals surface area contributed by atoms with Crippen molar-refractivity contribution < 1.29 is 9.84 Å². The number of aromatic nitrogens is 2. The van der Waals surface area contributed by atoms with Crippen molar-refractivity contribution in [3.63, 3.8) is 0 Å². The predicted octanol–water partition coefficient (Wildman–Crippen LogP) is 3.68. The molecule has 0 saturated heterocycles. The summed E-state index contributed by atoms with van der Waals surface area (Å²) in [4.78, 5) is 5.00. The van der Waals surface area contributed by atoms with Crippen molar-refractivity contribution in [1.29, 1.82) is 0 Å². The van der Waals surface area contributed by atoms with E-state index >= 15 is 0 Å².